The molecule has 23 heavy (non-hydrogen) atoms. The molecule has 3 rings (SSSR count). The molecule has 1 heterocycles. The molecule has 1 aromatic carbocycles. The maximum absolute atomic E-state index is 12.0. The van der Waals surface area contributed by atoms with Crippen molar-refractivity contribution in [1.29, 1.82) is 0 Å². The first-order valence-corrected chi connectivity index (χ1v) is 7.96. The van der Waals surface area contributed by atoms with Crippen LogP contribution in [0, 0.1) is 0 Å². The molecule has 1 saturated carbocycles. The van der Waals surface area contributed by atoms with Crippen molar-refractivity contribution in [1.82, 2.24) is 4.57 Å². The van der Waals surface area contributed by atoms with Crippen LogP contribution in [0.15, 0.2) is 48.8 Å². The van der Waals surface area contributed by atoms with E-state index in [1.165, 1.54) is 17.4 Å². The van der Waals surface area contributed by atoms with Gasteiger partial charge in [0.15, 0.2) is 11.5 Å². The van der Waals surface area contributed by atoms with Gasteiger partial charge in [0.2, 0.25) is 0 Å². The largest absolute Gasteiger partial charge is 0.493 e. The molecule has 4 heteroatoms. The average molecular weight is 311 g/mol. The van der Waals surface area contributed by atoms with Crippen molar-refractivity contribution >= 4 is 12.0 Å². The van der Waals surface area contributed by atoms with Crippen LogP contribution in [0.5, 0.6) is 11.5 Å². The minimum atomic E-state index is -0.0796. The van der Waals surface area contributed by atoms with E-state index < -0.39 is 0 Å². The number of aromatic nitrogens is 1. The summed E-state index contributed by atoms with van der Waals surface area (Å²) in [5.74, 6) is 1.39. The van der Waals surface area contributed by atoms with E-state index in [0.29, 0.717) is 0 Å². The second kappa shape index (κ2) is 7.18. The zero-order valence-corrected chi connectivity index (χ0v) is 13.3. The molecular formula is C19H21NO3. The van der Waals surface area contributed by atoms with Crippen LogP contribution in [0.2, 0.25) is 0 Å². The molecule has 0 unspecified atom stereocenters. The van der Waals surface area contributed by atoms with E-state index in [0.717, 1.165) is 29.9 Å². The molecule has 0 amide bonds. The van der Waals surface area contributed by atoms with Crippen LogP contribution in [0.3, 0.4) is 0 Å². The molecule has 0 atom stereocenters. The summed E-state index contributed by atoms with van der Waals surface area (Å²) in [6, 6.07) is 9.37. The quantitative estimate of drug-likeness (QED) is 0.778. The van der Waals surface area contributed by atoms with Gasteiger partial charge in [-0.1, -0.05) is 6.07 Å². The maximum atomic E-state index is 12.0. The zero-order chi connectivity index (χ0) is 16.1. The molecule has 1 aliphatic carbocycles. The SMILES string of the molecule is COc1ccc(/C=C/C(=O)n2cccc2)cc1OC1CCCC1. The number of hydrogen-bond donors (Lipinski definition) is 0. The Bertz CT molecular complexity index is 683. The zero-order valence-electron chi connectivity index (χ0n) is 13.3. The average Bonchev–Trinajstić information content (AvgIpc) is 3.26. The van der Waals surface area contributed by atoms with E-state index in [4.69, 9.17) is 9.47 Å². The Morgan fingerprint density at radius 1 is 1.17 bits per heavy atom. The first kappa shape index (κ1) is 15.4. The summed E-state index contributed by atoms with van der Waals surface area (Å²) in [7, 11) is 1.64. The van der Waals surface area contributed by atoms with Crippen LogP contribution in [0.4, 0.5) is 0 Å². The third kappa shape index (κ3) is 3.83. The second-order valence-corrected chi connectivity index (χ2v) is 5.70. The summed E-state index contributed by atoms with van der Waals surface area (Å²) in [5.41, 5.74) is 0.916. The second-order valence-electron chi connectivity index (χ2n) is 5.70. The van der Waals surface area contributed by atoms with Gasteiger partial charge >= 0.3 is 0 Å². The maximum Gasteiger partial charge on any atom is 0.254 e. The van der Waals surface area contributed by atoms with E-state index in [1.54, 1.807) is 31.7 Å². The number of benzene rings is 1. The molecular weight excluding hydrogens is 290 g/mol. The summed E-state index contributed by atoms with van der Waals surface area (Å²) < 4.78 is 13.0. The predicted octanol–water partition coefficient (Wildman–Crippen LogP) is 4.17. The van der Waals surface area contributed by atoms with Crippen molar-refractivity contribution in [2.45, 2.75) is 31.8 Å². The smallest absolute Gasteiger partial charge is 0.254 e. The Kier molecular flexibility index (Phi) is 4.81. The van der Waals surface area contributed by atoms with E-state index in [1.807, 2.05) is 30.3 Å². The highest BCUT2D eigenvalue weighted by molar-refractivity contribution is 5.93. The van der Waals surface area contributed by atoms with Crippen LogP contribution >= 0.6 is 0 Å². The Balaban J connectivity index is 1.75. The van der Waals surface area contributed by atoms with Gasteiger partial charge in [-0.3, -0.25) is 9.36 Å². The van der Waals surface area contributed by atoms with Gasteiger partial charge in [-0.05, 0) is 61.6 Å². The molecule has 1 aromatic heterocycles. The summed E-state index contributed by atoms with van der Waals surface area (Å²) in [4.78, 5) is 12.0. The number of hydrogen-bond acceptors (Lipinski definition) is 3. The van der Waals surface area contributed by atoms with Gasteiger partial charge < -0.3 is 9.47 Å². The minimum Gasteiger partial charge on any atom is -0.493 e. The molecule has 2 aromatic rings. The van der Waals surface area contributed by atoms with Gasteiger partial charge in [0.25, 0.3) is 5.91 Å². The van der Waals surface area contributed by atoms with Gasteiger partial charge in [0.1, 0.15) is 0 Å². The van der Waals surface area contributed by atoms with Crippen LogP contribution in [-0.2, 0) is 0 Å². The van der Waals surface area contributed by atoms with Crippen LogP contribution < -0.4 is 9.47 Å². The molecule has 4 nitrogen and oxygen atoms in total. The molecule has 120 valence electrons. The number of rotatable bonds is 5. The van der Waals surface area contributed by atoms with Gasteiger partial charge in [-0.25, -0.2) is 0 Å². The Hall–Kier alpha value is -2.49. The lowest BCUT2D eigenvalue weighted by Gasteiger charge is -2.16. The van der Waals surface area contributed by atoms with Crippen LogP contribution in [0.25, 0.3) is 6.08 Å². The summed E-state index contributed by atoms with van der Waals surface area (Å²) in [6.45, 7) is 0. The van der Waals surface area contributed by atoms with Gasteiger partial charge in [0, 0.05) is 18.5 Å². The molecule has 1 aliphatic rings. The van der Waals surface area contributed by atoms with Crippen molar-refractivity contribution in [2.24, 2.45) is 0 Å². The predicted molar refractivity (Wildman–Crippen MR) is 90.0 cm³/mol. The fourth-order valence-corrected chi connectivity index (χ4v) is 2.81. The number of allylic oxidation sites excluding steroid dienone is 1. The number of nitrogens with zero attached hydrogens (tertiary/aromatic N) is 1. The Morgan fingerprint density at radius 3 is 2.61 bits per heavy atom. The van der Waals surface area contributed by atoms with Crippen LogP contribution in [-0.4, -0.2) is 23.7 Å². The minimum absolute atomic E-state index is 0.0796. The van der Waals surface area contributed by atoms with Crippen molar-refractivity contribution in [2.75, 3.05) is 7.11 Å². The van der Waals surface area contributed by atoms with Crippen LogP contribution in [0.1, 0.15) is 36.0 Å². The topological polar surface area (TPSA) is 40.5 Å². The normalized spacial score (nSPS) is 15.2. The fourth-order valence-electron chi connectivity index (χ4n) is 2.81. The van der Waals surface area contributed by atoms with Crippen molar-refractivity contribution in [3.05, 3.63) is 54.4 Å². The van der Waals surface area contributed by atoms with Gasteiger partial charge in [-0.2, -0.15) is 0 Å². The number of methoxy groups -OCH3 is 1. The van der Waals surface area contributed by atoms with Crippen molar-refractivity contribution in [3.63, 3.8) is 0 Å². The van der Waals surface area contributed by atoms with E-state index in [-0.39, 0.29) is 12.0 Å². The third-order valence-electron chi connectivity index (χ3n) is 4.06. The monoisotopic (exact) mass is 311 g/mol. The Labute approximate surface area is 136 Å². The summed E-state index contributed by atoms with van der Waals surface area (Å²) >= 11 is 0. The molecule has 1 fully saturated rings. The van der Waals surface area contributed by atoms with E-state index >= 15 is 0 Å². The molecule has 0 saturated heterocycles. The van der Waals surface area contributed by atoms with E-state index in [2.05, 4.69) is 0 Å². The van der Waals surface area contributed by atoms with Gasteiger partial charge in [0.05, 0.1) is 13.2 Å². The first-order chi connectivity index (χ1) is 11.3. The standard InChI is InChI=1S/C19H21NO3/c1-22-17-10-8-15(9-11-19(21)20-12-4-5-13-20)14-18(17)23-16-6-2-3-7-16/h4-5,8-14,16H,2-3,6-7H2,1H3/b11-9+. The number of carbonyl (C=O) groups excluding carboxylic acids is 1. The van der Waals surface area contributed by atoms with Gasteiger partial charge in [-0.15, -0.1) is 0 Å². The lowest BCUT2D eigenvalue weighted by molar-refractivity contribution is 0.0970. The fraction of sp³-hybridized carbons (Fsp3) is 0.316. The molecule has 0 aliphatic heterocycles. The molecule has 0 spiro atoms. The highest BCUT2D eigenvalue weighted by Crippen LogP contribution is 2.32. The lowest BCUT2D eigenvalue weighted by atomic mass is 10.2. The van der Waals surface area contributed by atoms with E-state index in [9.17, 15) is 4.79 Å². The Morgan fingerprint density at radius 2 is 1.91 bits per heavy atom. The lowest BCUT2D eigenvalue weighted by Crippen LogP contribution is -2.11. The highest BCUT2D eigenvalue weighted by Gasteiger charge is 2.18. The summed E-state index contributed by atoms with van der Waals surface area (Å²) in [5, 5.41) is 0. The molecule has 0 N–H and O–H groups in total. The summed E-state index contributed by atoms with van der Waals surface area (Å²) in [6.07, 6.45) is 11.7. The van der Waals surface area contributed by atoms with Crippen molar-refractivity contribution < 1.29 is 14.3 Å². The van der Waals surface area contributed by atoms with Crippen molar-refractivity contribution in [3.8, 4) is 11.5 Å². The molecule has 0 radical (unpaired) electrons. The first-order valence-electron chi connectivity index (χ1n) is 7.96. The molecule has 0 bridgehead atoms. The number of ether oxygens (including phenoxy) is 2. The third-order valence-corrected chi connectivity index (χ3v) is 4.06. The number of carbonyl (C=O) groups is 1. The highest BCUT2D eigenvalue weighted by atomic mass is 16.5.